The van der Waals surface area contributed by atoms with Crippen molar-refractivity contribution in [3.8, 4) is 0 Å². The molecular weight excluding hydrogens is 328 g/mol. The van der Waals surface area contributed by atoms with Gasteiger partial charge in [0.25, 0.3) is 11.5 Å². The Hall–Kier alpha value is -2.78. The molecule has 0 saturated carbocycles. The van der Waals surface area contributed by atoms with E-state index in [4.69, 9.17) is 15.2 Å². The fraction of sp³-hybridized carbons (Fsp3) is 0.375. The van der Waals surface area contributed by atoms with Gasteiger partial charge >= 0.3 is 0 Å². The Morgan fingerprint density at radius 2 is 2.20 bits per heavy atom. The lowest BCUT2D eigenvalue weighted by molar-refractivity contribution is -0.128. The molecule has 0 spiro atoms. The van der Waals surface area contributed by atoms with Crippen molar-refractivity contribution in [3.63, 3.8) is 0 Å². The number of aromatic amines is 1. The Bertz CT molecular complexity index is 850. The van der Waals surface area contributed by atoms with Gasteiger partial charge in [-0.2, -0.15) is 0 Å². The molecule has 25 heavy (non-hydrogen) atoms. The van der Waals surface area contributed by atoms with Crippen molar-refractivity contribution in [2.75, 3.05) is 19.8 Å². The maximum absolute atomic E-state index is 12.4. The van der Waals surface area contributed by atoms with Gasteiger partial charge in [0.05, 0.1) is 29.7 Å². The summed E-state index contributed by atoms with van der Waals surface area (Å²) < 4.78 is 10.8. The summed E-state index contributed by atoms with van der Waals surface area (Å²) in [7, 11) is 0. The first kappa shape index (κ1) is 17.1. The number of para-hydroxylation sites is 1. The number of nitrogens with one attached hydrogen (secondary N) is 2. The van der Waals surface area contributed by atoms with E-state index in [1.54, 1.807) is 24.3 Å². The van der Waals surface area contributed by atoms with Gasteiger partial charge in [0.2, 0.25) is 5.91 Å². The van der Waals surface area contributed by atoms with Crippen molar-refractivity contribution in [2.24, 2.45) is 5.73 Å². The molecule has 1 aliphatic heterocycles. The number of nitrogens with two attached hydrogens (primary N) is 1. The number of benzene rings is 1. The summed E-state index contributed by atoms with van der Waals surface area (Å²) in [5.41, 5.74) is 5.12. The number of aromatic nitrogens is 2. The van der Waals surface area contributed by atoms with Crippen LogP contribution in [-0.4, -0.2) is 53.7 Å². The molecule has 9 heteroatoms. The van der Waals surface area contributed by atoms with Gasteiger partial charge in [-0.3, -0.25) is 14.4 Å². The fourth-order valence-electron chi connectivity index (χ4n) is 2.67. The first-order chi connectivity index (χ1) is 12.0. The van der Waals surface area contributed by atoms with E-state index in [2.05, 4.69) is 15.3 Å². The third-order valence-electron chi connectivity index (χ3n) is 3.88. The van der Waals surface area contributed by atoms with E-state index in [9.17, 15) is 14.4 Å². The number of carbonyl (C=O) groups excluding carboxylic acids is 2. The summed E-state index contributed by atoms with van der Waals surface area (Å²) in [6.45, 7) is 0.454. The molecule has 2 amide bonds. The van der Waals surface area contributed by atoms with E-state index in [0.717, 1.165) is 0 Å². The number of primary amides is 1. The molecule has 0 unspecified atom stereocenters. The highest BCUT2D eigenvalue weighted by Gasteiger charge is 2.29. The summed E-state index contributed by atoms with van der Waals surface area (Å²) in [6, 6.07) is 6.27. The van der Waals surface area contributed by atoms with Gasteiger partial charge in [0, 0.05) is 6.61 Å². The van der Waals surface area contributed by atoms with Crippen molar-refractivity contribution in [1.82, 2.24) is 15.3 Å². The molecule has 1 aromatic heterocycles. The zero-order chi connectivity index (χ0) is 17.8. The zero-order valence-electron chi connectivity index (χ0n) is 13.4. The van der Waals surface area contributed by atoms with Gasteiger partial charge < -0.3 is 25.5 Å². The number of ether oxygens (including phenoxy) is 2. The Morgan fingerprint density at radius 3 is 3.00 bits per heavy atom. The third kappa shape index (κ3) is 4.01. The number of amides is 2. The summed E-state index contributed by atoms with van der Waals surface area (Å²) in [6.07, 6.45) is 0.109. The van der Waals surface area contributed by atoms with Crippen molar-refractivity contribution >= 4 is 22.7 Å². The molecule has 1 aliphatic rings. The largest absolute Gasteiger partial charge is 0.379 e. The Kier molecular flexibility index (Phi) is 5.05. The highest BCUT2D eigenvalue weighted by molar-refractivity contribution is 5.92. The predicted molar refractivity (Wildman–Crippen MR) is 88.0 cm³/mol. The van der Waals surface area contributed by atoms with Crippen LogP contribution in [0.2, 0.25) is 0 Å². The molecular formula is C16H18N4O5. The van der Waals surface area contributed by atoms with Gasteiger partial charge in [0.15, 0.2) is 5.82 Å². The molecule has 1 aromatic carbocycles. The average molecular weight is 346 g/mol. The second-order valence-electron chi connectivity index (χ2n) is 5.69. The molecule has 2 atom stereocenters. The van der Waals surface area contributed by atoms with Gasteiger partial charge in [-0.15, -0.1) is 0 Å². The second-order valence-corrected chi connectivity index (χ2v) is 5.69. The number of H-pyrrole nitrogens is 1. The first-order valence-electron chi connectivity index (χ1n) is 7.82. The zero-order valence-corrected chi connectivity index (χ0v) is 13.4. The van der Waals surface area contributed by atoms with Crippen LogP contribution < -0.4 is 16.6 Å². The predicted octanol–water partition coefficient (Wildman–Crippen LogP) is -0.688. The number of hydrogen-bond acceptors (Lipinski definition) is 6. The maximum Gasteiger partial charge on any atom is 0.287 e. The van der Waals surface area contributed by atoms with Crippen LogP contribution in [0.5, 0.6) is 0 Å². The normalized spacial score (nSPS) is 20.3. The van der Waals surface area contributed by atoms with E-state index in [1.807, 2.05) is 0 Å². The third-order valence-corrected chi connectivity index (χ3v) is 3.88. The lowest BCUT2D eigenvalue weighted by Gasteiger charge is -2.31. The molecule has 0 aliphatic carbocycles. The maximum atomic E-state index is 12.4. The van der Waals surface area contributed by atoms with Gasteiger partial charge in [-0.1, -0.05) is 12.1 Å². The molecule has 0 bridgehead atoms. The number of hydrogen-bond donors (Lipinski definition) is 3. The quantitative estimate of drug-likeness (QED) is 0.656. The minimum atomic E-state index is -0.586. The highest BCUT2D eigenvalue weighted by atomic mass is 16.5. The van der Waals surface area contributed by atoms with Crippen LogP contribution in [0.4, 0.5) is 0 Å². The molecule has 1 fully saturated rings. The van der Waals surface area contributed by atoms with Crippen LogP contribution in [-0.2, 0) is 14.3 Å². The van der Waals surface area contributed by atoms with E-state index < -0.39 is 29.5 Å². The van der Waals surface area contributed by atoms with Crippen LogP contribution in [0.3, 0.4) is 0 Å². The minimum absolute atomic E-state index is 0.0945. The van der Waals surface area contributed by atoms with Crippen molar-refractivity contribution in [3.05, 3.63) is 40.4 Å². The van der Waals surface area contributed by atoms with Crippen LogP contribution in [0.15, 0.2) is 29.1 Å². The molecule has 132 valence electrons. The number of carbonyl (C=O) groups is 2. The lowest BCUT2D eigenvalue weighted by Crippen LogP contribution is -2.51. The Morgan fingerprint density at radius 1 is 1.40 bits per heavy atom. The summed E-state index contributed by atoms with van der Waals surface area (Å²) in [5, 5.41) is 3.13. The van der Waals surface area contributed by atoms with Crippen molar-refractivity contribution < 1.29 is 19.1 Å². The van der Waals surface area contributed by atoms with E-state index in [1.165, 1.54) is 0 Å². The Balaban J connectivity index is 1.76. The molecule has 4 N–H and O–H groups in total. The lowest BCUT2D eigenvalue weighted by atomic mass is 10.1. The number of rotatable bonds is 5. The Labute approximate surface area is 142 Å². The minimum Gasteiger partial charge on any atom is -0.379 e. The van der Waals surface area contributed by atoms with E-state index in [0.29, 0.717) is 23.9 Å². The van der Waals surface area contributed by atoms with Crippen molar-refractivity contribution in [1.29, 1.82) is 0 Å². The standard InChI is InChI=1S/C16H18N4O5/c17-13(21)8-25-12-5-6-24-7-11(12)19-16(23)14-18-10-4-2-1-3-9(10)15(22)20-14/h1-4,11-12H,5-8H2,(H2,17,21)(H,19,23)(H,18,20,22)/t11-,12+/m1/s1. The van der Waals surface area contributed by atoms with Crippen LogP contribution in [0.1, 0.15) is 17.0 Å². The summed E-state index contributed by atoms with van der Waals surface area (Å²) in [4.78, 5) is 42.0. The van der Waals surface area contributed by atoms with Gasteiger partial charge in [-0.05, 0) is 18.6 Å². The molecule has 3 rings (SSSR count). The fourth-order valence-corrected chi connectivity index (χ4v) is 2.67. The van der Waals surface area contributed by atoms with Crippen LogP contribution >= 0.6 is 0 Å². The van der Waals surface area contributed by atoms with Gasteiger partial charge in [0.1, 0.15) is 6.61 Å². The first-order valence-corrected chi connectivity index (χ1v) is 7.82. The molecule has 9 nitrogen and oxygen atoms in total. The second kappa shape index (κ2) is 7.41. The van der Waals surface area contributed by atoms with E-state index >= 15 is 0 Å². The smallest absolute Gasteiger partial charge is 0.287 e. The summed E-state index contributed by atoms with van der Waals surface area (Å²) in [5.74, 6) is -1.23. The van der Waals surface area contributed by atoms with Crippen molar-refractivity contribution in [2.45, 2.75) is 18.6 Å². The van der Waals surface area contributed by atoms with Crippen LogP contribution in [0, 0.1) is 0 Å². The molecule has 2 aromatic rings. The molecule has 1 saturated heterocycles. The topological polar surface area (TPSA) is 136 Å². The highest BCUT2D eigenvalue weighted by Crippen LogP contribution is 2.13. The monoisotopic (exact) mass is 346 g/mol. The average Bonchev–Trinajstić information content (AvgIpc) is 2.61. The number of nitrogens with zero attached hydrogens (tertiary/aromatic N) is 1. The molecule has 2 heterocycles. The van der Waals surface area contributed by atoms with E-state index in [-0.39, 0.29) is 19.0 Å². The SMILES string of the molecule is NC(=O)CO[C@H]1CCOC[C@H]1NC(=O)c1nc2ccccc2c(=O)[nH]1. The molecule has 0 radical (unpaired) electrons. The van der Waals surface area contributed by atoms with Gasteiger partial charge in [-0.25, -0.2) is 4.98 Å². The number of fused-ring (bicyclic) bond motifs is 1. The summed E-state index contributed by atoms with van der Waals surface area (Å²) >= 11 is 0. The van der Waals surface area contributed by atoms with Crippen LogP contribution in [0.25, 0.3) is 10.9 Å².